The minimum Gasteiger partial charge on any atom is -0.479 e. The Kier molecular flexibility index (Phi) is 7.97. The van der Waals surface area contributed by atoms with Crippen LogP contribution in [0.15, 0.2) is 52.9 Å². The second-order valence-electron chi connectivity index (χ2n) is 7.79. The van der Waals surface area contributed by atoms with Crippen molar-refractivity contribution >= 4 is 41.0 Å². The Morgan fingerprint density at radius 2 is 2.06 bits per heavy atom. The maximum Gasteiger partial charge on any atom is 0.338 e. The first-order valence-electron chi connectivity index (χ1n) is 10.9. The fraction of sp³-hybridized carbons (Fsp3) is 0.348. The van der Waals surface area contributed by atoms with E-state index in [2.05, 4.69) is 15.3 Å². The molecule has 1 saturated heterocycles. The van der Waals surface area contributed by atoms with Gasteiger partial charge in [-0.3, -0.25) is 9.89 Å². The van der Waals surface area contributed by atoms with Crippen molar-refractivity contribution in [3.63, 3.8) is 0 Å². The lowest BCUT2D eigenvalue weighted by atomic mass is 9.95. The lowest BCUT2D eigenvalue weighted by Crippen LogP contribution is -2.49. The number of halogens is 2. The summed E-state index contributed by atoms with van der Waals surface area (Å²) in [6.07, 6.45) is 2.20. The molecule has 2 unspecified atom stereocenters. The molecule has 2 aliphatic rings. The van der Waals surface area contributed by atoms with Crippen molar-refractivity contribution in [2.75, 3.05) is 32.8 Å². The molecule has 4 rings (SSSR count). The number of carboxylic acids is 1. The number of nitrogens with one attached hydrogen (secondary N) is 1. The number of amidine groups is 1. The first-order chi connectivity index (χ1) is 16.9. The molecule has 0 amide bonds. The third kappa shape index (κ3) is 5.79. The van der Waals surface area contributed by atoms with Gasteiger partial charge in [0.15, 0.2) is 17.8 Å². The molecule has 184 valence electrons. The maximum atomic E-state index is 13.2. The lowest BCUT2D eigenvalue weighted by Gasteiger charge is -2.34. The van der Waals surface area contributed by atoms with Crippen LogP contribution in [0.5, 0.6) is 0 Å². The molecule has 1 aromatic carbocycles. The molecule has 0 spiro atoms. The van der Waals surface area contributed by atoms with E-state index in [1.54, 1.807) is 43.6 Å². The molecule has 10 nitrogen and oxygen atoms in total. The minimum absolute atomic E-state index is 0.150. The average Bonchev–Trinajstić information content (AvgIpc) is 2.84. The van der Waals surface area contributed by atoms with E-state index in [1.165, 1.54) is 0 Å². The summed E-state index contributed by atoms with van der Waals surface area (Å²) in [7, 11) is 0. The summed E-state index contributed by atoms with van der Waals surface area (Å²) in [5.74, 6) is -0.941. The number of benzene rings is 1. The molecule has 35 heavy (non-hydrogen) atoms. The van der Waals surface area contributed by atoms with Crippen LogP contribution in [-0.2, 0) is 19.1 Å². The molecule has 0 bridgehead atoms. The second-order valence-corrected chi connectivity index (χ2v) is 8.63. The number of carbonyl (C=O) groups excluding carboxylic acids is 1. The van der Waals surface area contributed by atoms with Gasteiger partial charge in [-0.25, -0.2) is 19.6 Å². The van der Waals surface area contributed by atoms with E-state index in [4.69, 9.17) is 37.7 Å². The molecular weight excluding hydrogens is 497 g/mol. The van der Waals surface area contributed by atoms with Crippen molar-refractivity contribution in [2.45, 2.75) is 19.1 Å². The summed E-state index contributed by atoms with van der Waals surface area (Å²) < 4.78 is 10.7. The normalized spacial score (nSPS) is 20.7. The third-order valence-electron chi connectivity index (χ3n) is 5.46. The number of rotatable bonds is 7. The zero-order valence-corrected chi connectivity index (χ0v) is 20.3. The van der Waals surface area contributed by atoms with Crippen LogP contribution in [0.2, 0.25) is 10.0 Å². The highest BCUT2D eigenvalue weighted by atomic mass is 35.5. The monoisotopic (exact) mass is 519 g/mol. The van der Waals surface area contributed by atoms with Crippen molar-refractivity contribution in [3.05, 3.63) is 69.4 Å². The highest BCUT2D eigenvalue weighted by Crippen LogP contribution is 2.37. The van der Waals surface area contributed by atoms with Crippen molar-refractivity contribution in [2.24, 2.45) is 4.99 Å². The molecule has 0 radical (unpaired) electrons. The zero-order chi connectivity index (χ0) is 24.9. The Bertz CT molecular complexity index is 1170. The summed E-state index contributed by atoms with van der Waals surface area (Å²) in [6, 6.07) is 5.81. The Morgan fingerprint density at radius 3 is 2.74 bits per heavy atom. The number of aliphatic imine (C=N–C) groups is 1. The molecule has 2 N–H and O–H groups in total. The van der Waals surface area contributed by atoms with E-state index < -0.39 is 24.1 Å². The van der Waals surface area contributed by atoms with Crippen molar-refractivity contribution in [1.29, 1.82) is 0 Å². The number of carbonyl (C=O) groups is 2. The molecule has 0 saturated carbocycles. The largest absolute Gasteiger partial charge is 0.479 e. The van der Waals surface area contributed by atoms with Crippen LogP contribution in [-0.4, -0.2) is 76.7 Å². The number of nitrogens with zero attached hydrogens (tertiary/aromatic N) is 4. The maximum absolute atomic E-state index is 13.2. The van der Waals surface area contributed by atoms with Crippen LogP contribution in [0.1, 0.15) is 24.4 Å². The van der Waals surface area contributed by atoms with Crippen LogP contribution in [0.4, 0.5) is 0 Å². The summed E-state index contributed by atoms with van der Waals surface area (Å²) in [5, 5.41) is 13.4. The van der Waals surface area contributed by atoms with E-state index in [0.29, 0.717) is 39.5 Å². The first-order valence-corrected chi connectivity index (χ1v) is 11.7. The second kappa shape index (κ2) is 11.1. The molecule has 0 aliphatic carbocycles. The number of hydrogen-bond acceptors (Lipinski definition) is 9. The van der Waals surface area contributed by atoms with Gasteiger partial charge in [0, 0.05) is 53.3 Å². The van der Waals surface area contributed by atoms with Gasteiger partial charge in [0.2, 0.25) is 0 Å². The summed E-state index contributed by atoms with van der Waals surface area (Å²) in [5.41, 5.74) is 1.30. The number of ether oxygens (including phenoxy) is 2. The number of aliphatic carboxylic acids is 1. The van der Waals surface area contributed by atoms with Gasteiger partial charge in [-0.2, -0.15) is 0 Å². The summed E-state index contributed by atoms with van der Waals surface area (Å²) in [6.45, 7) is 2.96. The molecule has 2 aromatic rings. The van der Waals surface area contributed by atoms with Crippen LogP contribution >= 0.6 is 23.2 Å². The van der Waals surface area contributed by atoms with Crippen LogP contribution < -0.4 is 5.32 Å². The lowest BCUT2D eigenvalue weighted by molar-refractivity contribution is -0.155. The molecule has 2 aliphatic heterocycles. The highest BCUT2D eigenvalue weighted by Gasteiger charge is 2.36. The van der Waals surface area contributed by atoms with Gasteiger partial charge < -0.3 is 19.9 Å². The fourth-order valence-corrected chi connectivity index (χ4v) is 4.38. The van der Waals surface area contributed by atoms with Gasteiger partial charge in [-0.1, -0.05) is 29.3 Å². The van der Waals surface area contributed by atoms with E-state index >= 15 is 0 Å². The Balaban J connectivity index is 1.80. The zero-order valence-electron chi connectivity index (χ0n) is 18.8. The van der Waals surface area contributed by atoms with Crippen molar-refractivity contribution in [3.8, 4) is 0 Å². The van der Waals surface area contributed by atoms with Gasteiger partial charge in [-0.15, -0.1) is 0 Å². The predicted molar refractivity (Wildman–Crippen MR) is 128 cm³/mol. The Morgan fingerprint density at radius 1 is 1.29 bits per heavy atom. The minimum atomic E-state index is -1.04. The molecule has 1 fully saturated rings. The Hall–Kier alpha value is -3.05. The number of esters is 1. The molecule has 2 atom stereocenters. The smallest absolute Gasteiger partial charge is 0.338 e. The topological polar surface area (TPSA) is 126 Å². The van der Waals surface area contributed by atoms with Crippen molar-refractivity contribution in [1.82, 2.24) is 20.2 Å². The SMILES string of the molecule is CCOC(=O)C1=C(CN2CCOC(C(=O)O)C2)NC(c2ncccn2)=NC1c1ccc(Cl)cc1Cl. The third-order valence-corrected chi connectivity index (χ3v) is 6.03. The van der Waals surface area contributed by atoms with Gasteiger partial charge >= 0.3 is 11.9 Å². The van der Waals surface area contributed by atoms with E-state index in [0.717, 1.165) is 0 Å². The number of morpholine rings is 1. The Labute approximate surface area is 211 Å². The van der Waals surface area contributed by atoms with Gasteiger partial charge in [0.05, 0.1) is 18.8 Å². The van der Waals surface area contributed by atoms with Gasteiger partial charge in [-0.05, 0) is 25.1 Å². The van der Waals surface area contributed by atoms with E-state index in [9.17, 15) is 14.7 Å². The van der Waals surface area contributed by atoms with Crippen LogP contribution in [0.3, 0.4) is 0 Å². The quantitative estimate of drug-likeness (QED) is 0.530. The number of carboxylic acid groups (broad SMARTS) is 1. The predicted octanol–water partition coefficient (Wildman–Crippen LogP) is 2.48. The molecule has 3 heterocycles. The highest BCUT2D eigenvalue weighted by molar-refractivity contribution is 6.35. The van der Waals surface area contributed by atoms with Crippen LogP contribution in [0.25, 0.3) is 0 Å². The molecule has 12 heteroatoms. The fourth-order valence-electron chi connectivity index (χ4n) is 3.87. The molecular formula is C23H23Cl2N5O5. The summed E-state index contributed by atoms with van der Waals surface area (Å²) >= 11 is 12.6. The average molecular weight is 520 g/mol. The molecule has 1 aromatic heterocycles. The first kappa shape index (κ1) is 25.1. The number of aromatic nitrogens is 2. The van der Waals surface area contributed by atoms with Crippen LogP contribution in [0, 0.1) is 0 Å². The van der Waals surface area contributed by atoms with Gasteiger partial charge in [0.25, 0.3) is 0 Å². The summed E-state index contributed by atoms with van der Waals surface area (Å²) in [4.78, 5) is 39.9. The van der Waals surface area contributed by atoms with Crippen molar-refractivity contribution < 1.29 is 24.2 Å². The standard InChI is InChI=1S/C23H23Cl2N5O5/c1-2-34-23(33)18-16(11-30-8-9-35-17(12-30)22(31)32)28-21(20-26-6-3-7-27-20)29-19(18)14-5-4-13(24)10-15(14)25/h3-7,10,17,19H,2,8-9,11-12H2,1H3,(H,28,29)(H,31,32). The van der Waals surface area contributed by atoms with E-state index in [-0.39, 0.29) is 31.9 Å². The van der Waals surface area contributed by atoms with E-state index in [1.807, 2.05) is 4.90 Å². The number of hydrogen-bond donors (Lipinski definition) is 2. The van der Waals surface area contributed by atoms with Gasteiger partial charge in [0.1, 0.15) is 6.04 Å².